The Balaban J connectivity index is 3.07. The summed E-state index contributed by atoms with van der Waals surface area (Å²) in [7, 11) is 2.43. The molecule has 54 valence electrons. The second-order valence-electron chi connectivity index (χ2n) is 1.99. The van der Waals surface area contributed by atoms with Gasteiger partial charge < -0.3 is 5.09 Å². The second kappa shape index (κ2) is 3.49. The number of nitrogens with one attached hydrogen (secondary N) is 1. The van der Waals surface area contributed by atoms with Crippen LogP contribution in [0.2, 0.25) is 0 Å². The summed E-state index contributed by atoms with van der Waals surface area (Å²) in [4.78, 5) is 4.16. The van der Waals surface area contributed by atoms with Gasteiger partial charge in [-0.2, -0.15) is 0 Å². The van der Waals surface area contributed by atoms with Gasteiger partial charge in [0.1, 0.15) is 5.82 Å². The monoisotopic (exact) mass is 266 g/mol. The Bertz CT molecular complexity index is 239. The Hall–Kier alpha value is 0.110. The molecule has 0 aliphatic rings. The average Bonchev–Trinajstić information content (AvgIpc) is 1.88. The van der Waals surface area contributed by atoms with Gasteiger partial charge in [0.2, 0.25) is 0 Å². The van der Waals surface area contributed by atoms with Crippen molar-refractivity contribution in [3.05, 3.63) is 21.4 Å². The first kappa shape index (κ1) is 8.21. The molecule has 0 amide bonds. The molecule has 4 heteroatoms. The lowest BCUT2D eigenvalue weighted by atomic mass is 10.3. The maximum Gasteiger partial charge on any atom is 0.142 e. The number of aromatic nitrogens is 1. The van der Waals surface area contributed by atoms with E-state index in [0.717, 1.165) is 9.39 Å². The summed E-state index contributed by atoms with van der Waals surface area (Å²) >= 11 is 2.25. The summed E-state index contributed by atoms with van der Waals surface area (Å²) in [5.74, 6) is 0.913. The lowest BCUT2D eigenvalue weighted by Gasteiger charge is -2.01. The number of halogens is 1. The normalized spacial score (nSPS) is 9.50. The van der Waals surface area contributed by atoms with Crippen LogP contribution in [0.25, 0.3) is 0 Å². The van der Waals surface area contributed by atoms with E-state index in [-0.39, 0.29) is 0 Å². The van der Waals surface area contributed by atoms with Crippen molar-refractivity contribution in [1.82, 2.24) is 4.98 Å². The molecule has 1 aromatic rings. The first-order chi connectivity index (χ1) is 4.74. The second-order valence-corrected chi connectivity index (χ2v) is 3.44. The van der Waals surface area contributed by atoms with Crippen LogP contribution in [0.4, 0.5) is 5.82 Å². The molecule has 1 unspecified atom stereocenters. The predicted octanol–water partition coefficient (Wildman–Crippen LogP) is 2.20. The van der Waals surface area contributed by atoms with Crippen LogP contribution in [0.15, 0.2) is 12.3 Å². The molecule has 0 bridgehead atoms. The molecule has 0 aliphatic heterocycles. The molecular formula is C6H8IN2P. The summed E-state index contributed by atoms with van der Waals surface area (Å²) in [6, 6.07) is 2.08. The molecular weight excluding hydrogens is 258 g/mol. The Morgan fingerprint density at radius 3 is 2.90 bits per heavy atom. The van der Waals surface area contributed by atoms with E-state index in [1.807, 2.05) is 13.1 Å². The fourth-order valence-electron chi connectivity index (χ4n) is 0.640. The summed E-state index contributed by atoms with van der Waals surface area (Å²) in [6.07, 6.45) is 1.84. The van der Waals surface area contributed by atoms with Crippen molar-refractivity contribution in [2.24, 2.45) is 0 Å². The number of rotatable bonds is 1. The fourth-order valence-corrected chi connectivity index (χ4v) is 1.95. The molecule has 10 heavy (non-hydrogen) atoms. The van der Waals surface area contributed by atoms with Gasteiger partial charge in [-0.1, -0.05) is 0 Å². The van der Waals surface area contributed by atoms with E-state index in [4.69, 9.17) is 0 Å². The van der Waals surface area contributed by atoms with Crippen LogP contribution < -0.4 is 5.09 Å². The van der Waals surface area contributed by atoms with E-state index in [2.05, 4.69) is 48.1 Å². The zero-order valence-corrected chi connectivity index (χ0v) is 8.87. The Kier molecular flexibility index (Phi) is 2.86. The topological polar surface area (TPSA) is 24.9 Å². The third-order valence-corrected chi connectivity index (χ3v) is 2.21. The highest BCUT2D eigenvalue weighted by Crippen LogP contribution is 2.16. The lowest BCUT2D eigenvalue weighted by molar-refractivity contribution is 1.26. The predicted molar refractivity (Wildman–Crippen MR) is 55.0 cm³/mol. The zero-order chi connectivity index (χ0) is 7.56. The number of hydrogen-bond acceptors (Lipinski definition) is 2. The summed E-state index contributed by atoms with van der Waals surface area (Å²) in [5, 5.41) is 2.92. The summed E-state index contributed by atoms with van der Waals surface area (Å²) in [6.45, 7) is 2.03. The smallest absolute Gasteiger partial charge is 0.142 e. The van der Waals surface area contributed by atoms with Crippen LogP contribution in [0.1, 0.15) is 5.56 Å². The Morgan fingerprint density at radius 2 is 2.40 bits per heavy atom. The summed E-state index contributed by atoms with van der Waals surface area (Å²) in [5.41, 5.74) is 1.19. The molecule has 1 aromatic heterocycles. The highest BCUT2D eigenvalue weighted by Gasteiger charge is 1.96. The van der Waals surface area contributed by atoms with E-state index in [0.29, 0.717) is 0 Å². The Morgan fingerprint density at radius 1 is 1.70 bits per heavy atom. The lowest BCUT2D eigenvalue weighted by Crippen LogP contribution is -1.89. The highest BCUT2D eigenvalue weighted by molar-refractivity contribution is 14.1. The van der Waals surface area contributed by atoms with Crippen LogP contribution in [-0.4, -0.2) is 4.98 Å². The third-order valence-electron chi connectivity index (χ3n) is 1.11. The van der Waals surface area contributed by atoms with Crippen molar-refractivity contribution in [2.45, 2.75) is 6.92 Å². The quantitative estimate of drug-likeness (QED) is 0.622. The van der Waals surface area contributed by atoms with Crippen molar-refractivity contribution in [3.63, 3.8) is 0 Å². The van der Waals surface area contributed by atoms with Crippen molar-refractivity contribution in [1.29, 1.82) is 0 Å². The van der Waals surface area contributed by atoms with Crippen LogP contribution in [-0.2, 0) is 0 Å². The first-order valence-corrected chi connectivity index (χ1v) is 4.48. The van der Waals surface area contributed by atoms with Gasteiger partial charge in [-0.05, 0) is 50.5 Å². The largest absolute Gasteiger partial charge is 0.354 e. The molecule has 0 aromatic carbocycles. The molecule has 2 nitrogen and oxygen atoms in total. The molecule has 0 saturated heterocycles. The number of nitrogens with zero attached hydrogens (tertiary/aromatic N) is 1. The number of anilines is 1. The van der Waals surface area contributed by atoms with Crippen molar-refractivity contribution in [3.8, 4) is 0 Å². The van der Waals surface area contributed by atoms with Gasteiger partial charge in [-0.25, -0.2) is 4.98 Å². The van der Waals surface area contributed by atoms with E-state index < -0.39 is 0 Å². The molecule has 1 heterocycles. The maximum absolute atomic E-state index is 4.16. The molecule has 0 saturated carbocycles. The van der Waals surface area contributed by atoms with E-state index in [1.54, 1.807) is 0 Å². The van der Waals surface area contributed by atoms with Gasteiger partial charge in [0.25, 0.3) is 0 Å². The maximum atomic E-state index is 4.16. The highest BCUT2D eigenvalue weighted by atomic mass is 127. The minimum Gasteiger partial charge on any atom is -0.354 e. The van der Waals surface area contributed by atoms with E-state index in [1.165, 1.54) is 5.56 Å². The minimum absolute atomic E-state index is 0.913. The van der Waals surface area contributed by atoms with Gasteiger partial charge >= 0.3 is 0 Å². The van der Waals surface area contributed by atoms with Gasteiger partial charge in [0.05, 0.1) is 3.57 Å². The third kappa shape index (κ3) is 1.80. The van der Waals surface area contributed by atoms with Gasteiger partial charge in [-0.15, -0.1) is 0 Å². The molecule has 0 aliphatic carbocycles. The molecule has 0 fully saturated rings. The fraction of sp³-hybridized carbons (Fsp3) is 0.167. The molecule has 1 atom stereocenters. The number of hydrogen-bond donors (Lipinski definition) is 1. The van der Waals surface area contributed by atoms with Gasteiger partial charge in [0.15, 0.2) is 0 Å². The van der Waals surface area contributed by atoms with Gasteiger partial charge in [-0.3, -0.25) is 0 Å². The SMILES string of the molecule is Cc1cnc(NP)c(I)c1. The minimum atomic E-state index is 0.913. The average molecular weight is 266 g/mol. The van der Waals surface area contributed by atoms with Crippen LogP contribution in [0, 0.1) is 10.5 Å². The van der Waals surface area contributed by atoms with Crippen LogP contribution >= 0.6 is 32.0 Å². The van der Waals surface area contributed by atoms with Crippen LogP contribution in [0.5, 0.6) is 0 Å². The van der Waals surface area contributed by atoms with Crippen molar-refractivity contribution in [2.75, 3.05) is 5.09 Å². The molecule has 0 spiro atoms. The molecule has 0 radical (unpaired) electrons. The Labute approximate surface area is 76.2 Å². The summed E-state index contributed by atoms with van der Waals surface area (Å²) < 4.78 is 1.15. The van der Waals surface area contributed by atoms with E-state index in [9.17, 15) is 0 Å². The standard InChI is InChI=1S/C6H8IN2P/c1-4-2-5(7)6(9-10)8-3-4/h2-3H,10H2,1H3,(H,8,9). The van der Waals surface area contributed by atoms with Crippen molar-refractivity contribution >= 4 is 37.8 Å². The molecule has 1 N–H and O–H groups in total. The zero-order valence-electron chi connectivity index (χ0n) is 5.56. The number of aryl methyl sites for hydroxylation is 1. The molecule has 1 rings (SSSR count). The first-order valence-electron chi connectivity index (χ1n) is 2.83. The van der Waals surface area contributed by atoms with Crippen LogP contribution in [0.3, 0.4) is 0 Å². The van der Waals surface area contributed by atoms with E-state index >= 15 is 0 Å². The number of pyridine rings is 1. The van der Waals surface area contributed by atoms with Gasteiger partial charge in [0, 0.05) is 6.20 Å². The van der Waals surface area contributed by atoms with Crippen molar-refractivity contribution < 1.29 is 0 Å².